The van der Waals surface area contributed by atoms with Crippen molar-refractivity contribution in [3.05, 3.63) is 150 Å². The molecule has 266 valence electrons. The fourth-order valence-electron chi connectivity index (χ4n) is 5.28. The number of rotatable bonds is 1. The standard InChI is InChI=1S/C8H8N2.C7H6N3O2P.C7H8N3P.C7H7N2P.C7H6N2/c1-6-5-10-8-7(6)3-2-4-9-8;11-10(12)6-4-9(13)7-5(6)2-1-3-8-7;8-6-4-10(11)7-5(6)2-1-3-9-7;10-9-5-3-6-2-1-4-8-7(6)9;1-2-6-3-5-9-7(6)8-4-1/h2-5H,1H3,(H,9,10);1-4H,13H2;1-4H,8,11H2;1-5H,10H2;1-5H,(H,8,9). The van der Waals surface area contributed by atoms with Crippen molar-refractivity contribution >= 4 is 94.7 Å². The van der Waals surface area contributed by atoms with Crippen molar-refractivity contribution in [2.45, 2.75) is 6.92 Å². The predicted molar refractivity (Wildman–Crippen MR) is 223 cm³/mol. The van der Waals surface area contributed by atoms with Crippen LogP contribution in [0.25, 0.3) is 55.2 Å². The van der Waals surface area contributed by atoms with Gasteiger partial charge in [0.15, 0.2) is 0 Å². The summed E-state index contributed by atoms with van der Waals surface area (Å²) in [6.07, 6.45) is 17.8. The molecular weight excluding hydrogens is 725 g/mol. The molecule has 10 aromatic rings. The maximum atomic E-state index is 10.6. The zero-order chi connectivity index (χ0) is 37.3. The maximum Gasteiger partial charge on any atom is 0.296 e. The van der Waals surface area contributed by atoms with Gasteiger partial charge in [-0.25, -0.2) is 24.9 Å². The molecule has 0 aliphatic carbocycles. The molecule has 0 radical (unpaired) electrons. The Hall–Kier alpha value is -6.06. The van der Waals surface area contributed by atoms with Gasteiger partial charge in [-0.1, -0.05) is 0 Å². The third-order valence-electron chi connectivity index (χ3n) is 7.84. The number of aromatic nitrogens is 10. The molecule has 0 aromatic carbocycles. The third-order valence-corrected chi connectivity index (χ3v) is 9.05. The van der Waals surface area contributed by atoms with E-state index in [1.165, 1.54) is 22.5 Å². The first-order chi connectivity index (χ1) is 25.7. The van der Waals surface area contributed by atoms with Crippen molar-refractivity contribution in [1.82, 2.24) is 47.9 Å². The third kappa shape index (κ3) is 8.71. The molecule has 0 spiro atoms. The van der Waals surface area contributed by atoms with Gasteiger partial charge in [-0.05, 0) is 113 Å². The second-order valence-corrected chi connectivity index (χ2v) is 13.0. The van der Waals surface area contributed by atoms with E-state index in [2.05, 4.69) is 76.0 Å². The number of nitrogens with zero attached hydrogens (tertiary/aromatic N) is 9. The lowest BCUT2D eigenvalue weighted by Crippen LogP contribution is -1.84. The van der Waals surface area contributed by atoms with E-state index in [-0.39, 0.29) is 5.69 Å². The van der Waals surface area contributed by atoms with Crippen LogP contribution in [0.2, 0.25) is 0 Å². The summed E-state index contributed by atoms with van der Waals surface area (Å²) in [6, 6.07) is 23.2. The minimum absolute atomic E-state index is 0.0816. The number of hydrogen-bond donors (Lipinski definition) is 3. The lowest BCUT2D eigenvalue weighted by atomic mass is 10.2. The number of fused-ring (bicyclic) bond motifs is 5. The lowest BCUT2D eigenvalue weighted by Gasteiger charge is -1.90. The molecule has 0 fully saturated rings. The molecule has 0 aliphatic rings. The van der Waals surface area contributed by atoms with E-state index in [0.717, 1.165) is 39.0 Å². The van der Waals surface area contributed by atoms with Crippen LogP contribution in [0.3, 0.4) is 0 Å². The highest BCUT2D eigenvalue weighted by atomic mass is 31.0. The zero-order valence-corrected chi connectivity index (χ0v) is 31.8. The van der Waals surface area contributed by atoms with Crippen LogP contribution < -0.4 is 5.73 Å². The highest BCUT2D eigenvalue weighted by Crippen LogP contribution is 2.27. The topological polar surface area (TPSA) is 180 Å². The molecule has 3 unspecified atom stereocenters. The molecule has 4 N–H and O–H groups in total. The Balaban J connectivity index is 0.000000114. The Labute approximate surface area is 309 Å². The molecule has 0 aliphatic heterocycles. The first kappa shape index (κ1) is 36.7. The summed E-state index contributed by atoms with van der Waals surface area (Å²) in [5, 5.41) is 15.7. The maximum absolute atomic E-state index is 10.6. The van der Waals surface area contributed by atoms with Gasteiger partial charge in [0.05, 0.1) is 22.2 Å². The van der Waals surface area contributed by atoms with E-state index in [9.17, 15) is 10.1 Å². The van der Waals surface area contributed by atoms with Crippen LogP contribution in [-0.4, -0.2) is 52.8 Å². The number of aromatic amines is 2. The van der Waals surface area contributed by atoms with Crippen molar-refractivity contribution in [2.24, 2.45) is 0 Å². The molecule has 3 atom stereocenters. The monoisotopic (exact) mass is 760 g/mol. The van der Waals surface area contributed by atoms with Gasteiger partial charge in [-0.3, -0.25) is 10.1 Å². The van der Waals surface area contributed by atoms with Crippen LogP contribution in [0.15, 0.2) is 135 Å². The van der Waals surface area contributed by atoms with Crippen LogP contribution in [0.1, 0.15) is 5.56 Å². The smallest absolute Gasteiger partial charge is 0.296 e. The summed E-state index contributed by atoms with van der Waals surface area (Å²) < 4.78 is 5.33. The van der Waals surface area contributed by atoms with Crippen molar-refractivity contribution in [3.8, 4) is 0 Å². The normalized spacial score (nSPS) is 10.5. The second-order valence-electron chi connectivity index (χ2n) is 11.3. The fraction of sp³-hybridized carbons (Fsp3) is 0.0278. The summed E-state index contributed by atoms with van der Waals surface area (Å²) in [4.78, 5) is 36.9. The van der Waals surface area contributed by atoms with Gasteiger partial charge in [0.1, 0.15) is 28.2 Å². The molecule has 10 aromatic heterocycles. The number of pyridine rings is 5. The molecule has 10 heterocycles. The van der Waals surface area contributed by atoms with E-state index < -0.39 is 4.92 Å². The first-order valence-electron chi connectivity index (χ1n) is 16.0. The summed E-state index contributed by atoms with van der Waals surface area (Å²) in [5.74, 6) is 0. The Morgan fingerprint density at radius 3 is 1.85 bits per heavy atom. The van der Waals surface area contributed by atoms with Crippen LogP contribution in [0.4, 0.5) is 11.4 Å². The van der Waals surface area contributed by atoms with E-state index >= 15 is 0 Å². The molecule has 14 nitrogen and oxygen atoms in total. The summed E-state index contributed by atoms with van der Waals surface area (Å²) in [7, 11) is 7.48. The molecule has 0 saturated heterocycles. The summed E-state index contributed by atoms with van der Waals surface area (Å²) in [6.45, 7) is 2.07. The molecule has 0 amide bonds. The molecule has 53 heavy (non-hydrogen) atoms. The Bertz CT molecular complexity index is 2630. The minimum Gasteiger partial charge on any atom is -0.397 e. The number of H-pyrrole nitrogens is 2. The van der Waals surface area contributed by atoms with Gasteiger partial charge < -0.3 is 28.7 Å². The molecular formula is C36H35N12O2P3. The largest absolute Gasteiger partial charge is 0.397 e. The van der Waals surface area contributed by atoms with E-state index in [4.69, 9.17) is 5.73 Å². The fourth-order valence-corrected chi connectivity index (χ4v) is 6.30. The Kier molecular flexibility index (Phi) is 11.8. The van der Waals surface area contributed by atoms with Gasteiger partial charge in [-0.15, -0.1) is 0 Å². The molecule has 0 bridgehead atoms. The molecule has 17 heteroatoms. The highest BCUT2D eigenvalue weighted by Gasteiger charge is 2.15. The zero-order valence-electron chi connectivity index (χ0n) is 28.4. The number of aryl methyl sites for hydroxylation is 1. The average Bonchev–Trinajstić information content (AvgIpc) is 4.02. The van der Waals surface area contributed by atoms with Crippen LogP contribution in [-0.2, 0) is 0 Å². The number of nitro groups is 1. The van der Waals surface area contributed by atoms with Gasteiger partial charge in [-0.2, -0.15) is 0 Å². The van der Waals surface area contributed by atoms with Gasteiger partial charge in [0.2, 0.25) is 0 Å². The predicted octanol–water partition coefficient (Wildman–Crippen LogP) is 7.95. The van der Waals surface area contributed by atoms with E-state index in [0.29, 0.717) is 11.0 Å². The molecule has 0 saturated carbocycles. The van der Waals surface area contributed by atoms with Gasteiger partial charge >= 0.3 is 0 Å². The lowest BCUT2D eigenvalue weighted by molar-refractivity contribution is -0.383. The van der Waals surface area contributed by atoms with Crippen molar-refractivity contribution in [2.75, 3.05) is 5.73 Å². The molecule has 10 rings (SSSR count). The number of anilines is 1. The minimum atomic E-state index is -0.412. The number of nitrogen functional groups attached to an aromatic ring is 1. The van der Waals surface area contributed by atoms with Crippen LogP contribution >= 0.6 is 28.2 Å². The van der Waals surface area contributed by atoms with Crippen molar-refractivity contribution in [3.63, 3.8) is 0 Å². The number of nitrogens with one attached hydrogen (secondary N) is 2. The van der Waals surface area contributed by atoms with Crippen LogP contribution in [0, 0.1) is 17.0 Å². The summed E-state index contributed by atoms with van der Waals surface area (Å²) >= 11 is 0. The van der Waals surface area contributed by atoms with E-state index in [1.54, 1.807) is 47.5 Å². The van der Waals surface area contributed by atoms with E-state index in [1.807, 2.05) is 88.1 Å². The number of nitrogens with two attached hydrogens (primary N) is 1. The highest BCUT2D eigenvalue weighted by molar-refractivity contribution is 7.15. The van der Waals surface area contributed by atoms with Gasteiger partial charge in [0, 0.05) is 77.3 Å². The Morgan fingerprint density at radius 2 is 1.21 bits per heavy atom. The second kappa shape index (κ2) is 17.0. The quantitative estimate of drug-likeness (QED) is 0.0857. The van der Waals surface area contributed by atoms with Gasteiger partial charge in [0.25, 0.3) is 5.69 Å². The first-order valence-corrected chi connectivity index (χ1v) is 17.5. The average molecular weight is 761 g/mol. The Morgan fingerprint density at radius 1 is 0.642 bits per heavy atom. The van der Waals surface area contributed by atoms with Crippen molar-refractivity contribution < 1.29 is 4.92 Å². The SMILES string of the molecule is Cc1c[nH]c2ncccc12.Nc1cn(P)c2ncccc12.O=[N+]([O-])c1cn(P)c2ncccc12.Pn1ccc2cccnc21.c1cnc2[nH]ccc2c1. The number of hydrogen-bond acceptors (Lipinski definition) is 8. The van der Waals surface area contributed by atoms with Crippen molar-refractivity contribution in [1.29, 1.82) is 0 Å². The van der Waals surface area contributed by atoms with Crippen LogP contribution in [0.5, 0.6) is 0 Å². The summed E-state index contributed by atoms with van der Waals surface area (Å²) in [5.41, 5.74) is 12.2.